The number of nitrogens with one attached hydrogen (secondary N) is 3. The van der Waals surface area contributed by atoms with Crippen LogP contribution in [0.1, 0.15) is 25.7 Å². The number of allylic oxidation sites excluding steroid dienone is 2. The van der Waals surface area contributed by atoms with Gasteiger partial charge in [-0.1, -0.05) is 31.4 Å². The third-order valence-electron chi connectivity index (χ3n) is 3.61. The van der Waals surface area contributed by atoms with Crippen LogP contribution in [-0.4, -0.2) is 43.6 Å². The van der Waals surface area contributed by atoms with Crippen LogP contribution in [-0.2, 0) is 14.3 Å². The third-order valence-corrected chi connectivity index (χ3v) is 3.61. The molecule has 0 aromatic rings. The smallest absolute Gasteiger partial charge is 0.321 e. The van der Waals surface area contributed by atoms with E-state index >= 15 is 0 Å². The van der Waals surface area contributed by atoms with E-state index in [0.29, 0.717) is 19.4 Å². The Bertz CT molecular complexity index is 480. The maximum Gasteiger partial charge on any atom is 0.321 e. The average Bonchev–Trinajstić information content (AvgIpc) is 3.02. The summed E-state index contributed by atoms with van der Waals surface area (Å²) in [5, 5.41) is 7.42. The van der Waals surface area contributed by atoms with E-state index in [4.69, 9.17) is 4.74 Å². The molecule has 0 radical (unpaired) electrons. The molecule has 3 N–H and O–H groups in total. The molecule has 2 saturated heterocycles. The summed E-state index contributed by atoms with van der Waals surface area (Å²) in [4.78, 5) is 31.5. The predicted octanol–water partition coefficient (Wildman–Crippen LogP) is 1.18. The van der Waals surface area contributed by atoms with Crippen molar-refractivity contribution < 1.29 is 19.1 Å². The van der Waals surface area contributed by atoms with Crippen LogP contribution in [0.3, 0.4) is 0 Å². The van der Waals surface area contributed by atoms with Gasteiger partial charge < -0.3 is 15.4 Å². The van der Waals surface area contributed by atoms with Crippen LogP contribution >= 0.6 is 0 Å². The van der Waals surface area contributed by atoms with E-state index in [1.54, 1.807) is 12.2 Å². The van der Waals surface area contributed by atoms with Gasteiger partial charge in [-0.3, -0.25) is 14.9 Å². The second kappa shape index (κ2) is 11.2. The van der Waals surface area contributed by atoms with Gasteiger partial charge in [0.1, 0.15) is 0 Å². The highest BCUT2D eigenvalue weighted by molar-refractivity contribution is 5.94. The summed E-state index contributed by atoms with van der Waals surface area (Å²) in [5.74, 6) is -0.190. The summed E-state index contributed by atoms with van der Waals surface area (Å²) in [6.45, 7) is 8.72. The first kappa shape index (κ1) is 19.6. The van der Waals surface area contributed by atoms with Crippen molar-refractivity contribution in [2.75, 3.05) is 13.2 Å². The van der Waals surface area contributed by atoms with Crippen molar-refractivity contribution >= 4 is 18.3 Å². The van der Waals surface area contributed by atoms with E-state index in [-0.39, 0.29) is 24.1 Å². The van der Waals surface area contributed by atoms with Crippen molar-refractivity contribution in [1.29, 1.82) is 0 Å². The van der Waals surface area contributed by atoms with Crippen molar-refractivity contribution in [2.24, 2.45) is 0 Å². The molecule has 7 heteroatoms. The Morgan fingerprint density at radius 1 is 1.33 bits per heavy atom. The second-order valence-corrected chi connectivity index (χ2v) is 5.33. The van der Waals surface area contributed by atoms with Gasteiger partial charge in [-0.2, -0.15) is 0 Å². The number of urea groups is 1. The molecule has 7 nitrogen and oxygen atoms in total. The molecule has 0 spiro atoms. The standard InChI is InChI=1S/C12H17NO2.C5H8N2O2/c1-3-6-10(4-2)12(13-9-14)11-7-5-8-15-11;8-4-2-1-3-6-5(9)7-4/h3-4,6,9,11-12H,1-2,5,7-8H2,(H,13,14);1-3H2,(H2,6,7,8,9)/b10-6+;. The molecule has 24 heavy (non-hydrogen) atoms. The van der Waals surface area contributed by atoms with Gasteiger partial charge in [-0.05, 0) is 24.8 Å². The van der Waals surface area contributed by atoms with Crippen LogP contribution in [0, 0.1) is 0 Å². The average molecular weight is 335 g/mol. The van der Waals surface area contributed by atoms with Crippen molar-refractivity contribution in [2.45, 2.75) is 37.8 Å². The van der Waals surface area contributed by atoms with Gasteiger partial charge in [-0.15, -0.1) is 0 Å². The summed E-state index contributed by atoms with van der Waals surface area (Å²) in [7, 11) is 0. The molecule has 132 valence electrons. The molecule has 2 unspecified atom stereocenters. The minimum atomic E-state index is -0.377. The first-order chi connectivity index (χ1) is 11.6. The molecular formula is C17H25N3O4. The lowest BCUT2D eigenvalue weighted by atomic mass is 9.99. The first-order valence-electron chi connectivity index (χ1n) is 7.96. The van der Waals surface area contributed by atoms with Gasteiger partial charge >= 0.3 is 6.03 Å². The molecule has 0 saturated carbocycles. The Hall–Kier alpha value is -2.41. The Morgan fingerprint density at radius 3 is 2.71 bits per heavy atom. The zero-order chi connectivity index (χ0) is 17.8. The summed E-state index contributed by atoms with van der Waals surface area (Å²) in [6, 6.07) is -0.488. The zero-order valence-electron chi connectivity index (χ0n) is 13.8. The molecule has 2 atom stereocenters. The number of carbonyl (C=O) groups excluding carboxylic acids is 3. The zero-order valence-corrected chi connectivity index (χ0v) is 13.8. The topological polar surface area (TPSA) is 96.5 Å². The summed E-state index contributed by atoms with van der Waals surface area (Å²) in [5.41, 5.74) is 0.934. The van der Waals surface area contributed by atoms with E-state index in [0.717, 1.165) is 31.4 Å². The quantitative estimate of drug-likeness (QED) is 0.502. The number of rotatable bonds is 6. The van der Waals surface area contributed by atoms with Crippen LogP contribution in [0.25, 0.3) is 0 Å². The van der Waals surface area contributed by atoms with Crippen LogP contribution in [0.2, 0.25) is 0 Å². The Kier molecular flexibility index (Phi) is 9.14. The van der Waals surface area contributed by atoms with E-state index in [2.05, 4.69) is 29.1 Å². The lowest BCUT2D eigenvalue weighted by molar-refractivity contribution is -0.119. The fraction of sp³-hybridized carbons (Fsp3) is 0.471. The Balaban J connectivity index is 0.000000272. The highest BCUT2D eigenvalue weighted by atomic mass is 16.5. The van der Waals surface area contributed by atoms with Crippen LogP contribution in [0.4, 0.5) is 4.79 Å². The van der Waals surface area contributed by atoms with Gasteiger partial charge in [0, 0.05) is 19.6 Å². The van der Waals surface area contributed by atoms with E-state index in [1.165, 1.54) is 0 Å². The van der Waals surface area contributed by atoms with Gasteiger partial charge in [0.2, 0.25) is 12.3 Å². The molecule has 2 fully saturated rings. The number of imide groups is 1. The monoisotopic (exact) mass is 335 g/mol. The van der Waals surface area contributed by atoms with Crippen molar-refractivity contribution in [3.05, 3.63) is 37.0 Å². The second-order valence-electron chi connectivity index (χ2n) is 5.33. The van der Waals surface area contributed by atoms with Crippen LogP contribution < -0.4 is 16.0 Å². The number of amides is 4. The maximum absolute atomic E-state index is 10.5. The lowest BCUT2D eigenvalue weighted by Crippen LogP contribution is -2.40. The van der Waals surface area contributed by atoms with Crippen LogP contribution in [0.15, 0.2) is 37.0 Å². The lowest BCUT2D eigenvalue weighted by Gasteiger charge is -2.23. The fourth-order valence-corrected chi connectivity index (χ4v) is 2.48. The molecule has 2 rings (SSSR count). The summed E-state index contributed by atoms with van der Waals surface area (Å²) in [6.07, 6.45) is 9.20. The minimum Gasteiger partial charge on any atom is -0.376 e. The highest BCUT2D eigenvalue weighted by Crippen LogP contribution is 2.20. The Morgan fingerprint density at radius 2 is 2.12 bits per heavy atom. The molecule has 2 aliphatic heterocycles. The minimum absolute atomic E-state index is 0.0550. The van der Waals surface area contributed by atoms with Gasteiger partial charge in [0.05, 0.1) is 12.1 Å². The van der Waals surface area contributed by atoms with E-state index in [9.17, 15) is 14.4 Å². The van der Waals surface area contributed by atoms with Gasteiger partial charge in [0.25, 0.3) is 0 Å². The SMILES string of the molecule is C=C/C=C(\C=C)C(NC=O)C1CCCO1.O=C1CCCNC(=O)N1. The summed E-state index contributed by atoms with van der Waals surface area (Å²) < 4.78 is 5.55. The number of ether oxygens (including phenoxy) is 1. The van der Waals surface area contributed by atoms with Crippen molar-refractivity contribution in [1.82, 2.24) is 16.0 Å². The molecule has 2 heterocycles. The Labute approximate surface area is 142 Å². The highest BCUT2D eigenvalue weighted by Gasteiger charge is 2.27. The molecular weight excluding hydrogens is 310 g/mol. The molecule has 4 amide bonds. The molecule has 0 aliphatic carbocycles. The maximum atomic E-state index is 10.5. The largest absolute Gasteiger partial charge is 0.376 e. The summed E-state index contributed by atoms with van der Waals surface area (Å²) >= 11 is 0. The molecule has 0 bridgehead atoms. The van der Waals surface area contributed by atoms with Gasteiger partial charge in [-0.25, -0.2) is 4.79 Å². The number of hydrogen-bond acceptors (Lipinski definition) is 4. The van der Waals surface area contributed by atoms with E-state index in [1.807, 2.05) is 6.08 Å². The molecule has 0 aromatic heterocycles. The van der Waals surface area contributed by atoms with E-state index < -0.39 is 0 Å². The molecule has 0 aromatic carbocycles. The number of hydrogen-bond donors (Lipinski definition) is 3. The number of carbonyl (C=O) groups is 3. The molecule has 2 aliphatic rings. The predicted molar refractivity (Wildman–Crippen MR) is 91.2 cm³/mol. The van der Waals surface area contributed by atoms with Crippen molar-refractivity contribution in [3.63, 3.8) is 0 Å². The first-order valence-corrected chi connectivity index (χ1v) is 7.96. The third kappa shape index (κ3) is 6.78. The normalized spacial score (nSPS) is 22.0. The fourth-order valence-electron chi connectivity index (χ4n) is 2.48. The van der Waals surface area contributed by atoms with Gasteiger partial charge in [0.15, 0.2) is 0 Å². The van der Waals surface area contributed by atoms with Crippen molar-refractivity contribution in [3.8, 4) is 0 Å². The van der Waals surface area contributed by atoms with Crippen LogP contribution in [0.5, 0.6) is 0 Å².